The number of hydrazone groups is 1. The second kappa shape index (κ2) is 8.27. The summed E-state index contributed by atoms with van der Waals surface area (Å²) in [5.41, 5.74) is 0.488. The van der Waals surface area contributed by atoms with E-state index in [4.69, 9.17) is 0 Å². The van der Waals surface area contributed by atoms with Gasteiger partial charge in [-0.1, -0.05) is 24.3 Å². The third kappa shape index (κ3) is 5.04. The average Bonchev–Trinajstić information content (AvgIpc) is 2.93. The molecular weight excluding hydrogens is 404 g/mol. The van der Waals surface area contributed by atoms with Crippen LogP contribution < -0.4 is 5.32 Å². The molecule has 0 atom stereocenters. The number of amides is 1. The van der Waals surface area contributed by atoms with E-state index in [2.05, 4.69) is 14.8 Å². The number of carbonyl (C=O) groups is 1. The molecule has 0 saturated carbocycles. The van der Waals surface area contributed by atoms with Crippen LogP contribution in [0.25, 0.3) is 0 Å². The first kappa shape index (κ1) is 21.5. The molecule has 9 heteroatoms. The number of hydrogen-bond donors (Lipinski definition) is 2. The molecule has 0 aromatic heterocycles. The Bertz CT molecular complexity index is 1120. The molecule has 0 bridgehead atoms. The molecule has 0 aliphatic carbocycles. The summed E-state index contributed by atoms with van der Waals surface area (Å²) in [6, 6.07) is 13.1. The number of fused-ring (bicyclic) bond motifs is 1. The lowest BCUT2D eigenvalue weighted by atomic mass is 10.1. The van der Waals surface area contributed by atoms with Crippen molar-refractivity contribution in [3.63, 3.8) is 0 Å². The third-order valence-electron chi connectivity index (χ3n) is 4.20. The van der Waals surface area contributed by atoms with Crippen molar-refractivity contribution in [3.8, 4) is 5.75 Å². The molecular formula is C21H24N4O4S. The molecule has 0 radical (unpaired) electrons. The maximum atomic E-state index is 12.4. The molecule has 2 aromatic rings. The van der Waals surface area contributed by atoms with Gasteiger partial charge in [0.25, 0.3) is 10.0 Å². The van der Waals surface area contributed by atoms with Crippen molar-refractivity contribution in [3.05, 3.63) is 59.7 Å². The van der Waals surface area contributed by atoms with Crippen LogP contribution in [0, 0.1) is 0 Å². The molecule has 30 heavy (non-hydrogen) atoms. The number of para-hydroxylation sites is 1. The Morgan fingerprint density at radius 2 is 1.83 bits per heavy atom. The van der Waals surface area contributed by atoms with Crippen molar-refractivity contribution in [2.75, 3.05) is 6.54 Å². The van der Waals surface area contributed by atoms with Crippen LogP contribution in [0.3, 0.4) is 0 Å². The lowest BCUT2D eigenvalue weighted by molar-refractivity contribution is -0.122. The number of phenolic OH excluding ortho intramolecular Hbond substituents is 1. The minimum atomic E-state index is -3.84. The quantitative estimate of drug-likeness (QED) is 0.561. The number of aromatic hydroxyl groups is 1. The average molecular weight is 429 g/mol. The van der Waals surface area contributed by atoms with Crippen LogP contribution in [-0.2, 0) is 14.8 Å². The van der Waals surface area contributed by atoms with Crippen molar-refractivity contribution in [1.29, 1.82) is 0 Å². The number of sulfonamides is 1. The SMILES string of the molecule is CC(C)(C)NC(=O)CCN(/N=C\c1ccccc1O)C1=NS(=O)(=O)c2ccccc21. The fraction of sp³-hybridized carbons (Fsp3) is 0.286. The van der Waals surface area contributed by atoms with Gasteiger partial charge in [-0.3, -0.25) is 4.79 Å². The van der Waals surface area contributed by atoms with E-state index in [1.165, 1.54) is 23.4 Å². The van der Waals surface area contributed by atoms with Gasteiger partial charge in [-0.15, -0.1) is 4.40 Å². The number of phenols is 1. The zero-order valence-corrected chi connectivity index (χ0v) is 17.8. The summed E-state index contributed by atoms with van der Waals surface area (Å²) < 4.78 is 28.8. The molecule has 1 aliphatic heterocycles. The van der Waals surface area contributed by atoms with Crippen LogP contribution in [0.1, 0.15) is 38.3 Å². The molecule has 2 N–H and O–H groups in total. The second-order valence-corrected chi connectivity index (χ2v) is 9.43. The highest BCUT2D eigenvalue weighted by molar-refractivity contribution is 7.90. The fourth-order valence-corrected chi connectivity index (χ4v) is 4.12. The summed E-state index contributed by atoms with van der Waals surface area (Å²) in [4.78, 5) is 12.4. The van der Waals surface area contributed by atoms with Gasteiger partial charge in [0.05, 0.1) is 12.8 Å². The van der Waals surface area contributed by atoms with Crippen molar-refractivity contribution in [1.82, 2.24) is 10.3 Å². The zero-order valence-electron chi connectivity index (χ0n) is 17.0. The summed E-state index contributed by atoms with van der Waals surface area (Å²) in [7, 11) is -3.84. The maximum absolute atomic E-state index is 12.4. The summed E-state index contributed by atoms with van der Waals surface area (Å²) in [6.07, 6.45) is 1.49. The van der Waals surface area contributed by atoms with Gasteiger partial charge in [-0.2, -0.15) is 13.5 Å². The van der Waals surface area contributed by atoms with Crippen LogP contribution in [0.15, 0.2) is 62.9 Å². The summed E-state index contributed by atoms with van der Waals surface area (Å²) in [5.74, 6) is -0.0196. The number of nitrogens with zero attached hydrogens (tertiary/aromatic N) is 3. The van der Waals surface area contributed by atoms with Crippen molar-refractivity contribution < 1.29 is 18.3 Å². The Labute approximate surface area is 176 Å². The summed E-state index contributed by atoms with van der Waals surface area (Å²) in [5, 5.41) is 18.6. The molecule has 1 heterocycles. The van der Waals surface area contributed by atoms with Gasteiger partial charge in [0, 0.05) is 23.1 Å². The highest BCUT2D eigenvalue weighted by Gasteiger charge is 2.32. The molecule has 158 valence electrons. The maximum Gasteiger partial charge on any atom is 0.285 e. The molecule has 3 rings (SSSR count). The third-order valence-corrected chi connectivity index (χ3v) is 5.52. The van der Waals surface area contributed by atoms with Crippen molar-refractivity contribution in [2.45, 2.75) is 37.6 Å². The predicted molar refractivity (Wildman–Crippen MR) is 115 cm³/mol. The van der Waals surface area contributed by atoms with Gasteiger partial charge in [0.15, 0.2) is 5.84 Å². The largest absolute Gasteiger partial charge is 0.507 e. The number of nitrogens with one attached hydrogen (secondary N) is 1. The second-order valence-electron chi connectivity index (χ2n) is 7.86. The van der Waals surface area contributed by atoms with Crippen molar-refractivity contribution in [2.24, 2.45) is 9.50 Å². The van der Waals surface area contributed by atoms with Gasteiger partial charge in [0.2, 0.25) is 5.91 Å². The molecule has 1 amide bonds. The van der Waals surface area contributed by atoms with Gasteiger partial charge >= 0.3 is 0 Å². The van der Waals surface area contributed by atoms with Crippen LogP contribution >= 0.6 is 0 Å². The lowest BCUT2D eigenvalue weighted by Gasteiger charge is -2.22. The van der Waals surface area contributed by atoms with E-state index in [1.54, 1.807) is 36.4 Å². The first-order chi connectivity index (χ1) is 14.1. The molecule has 1 aliphatic rings. The number of rotatable bonds is 5. The minimum absolute atomic E-state index is 0.0352. The lowest BCUT2D eigenvalue weighted by Crippen LogP contribution is -2.42. The number of carbonyl (C=O) groups excluding carboxylic acids is 1. The Morgan fingerprint density at radius 3 is 2.53 bits per heavy atom. The Hall–Kier alpha value is -3.20. The van der Waals surface area contributed by atoms with E-state index < -0.39 is 10.0 Å². The molecule has 8 nitrogen and oxygen atoms in total. The Morgan fingerprint density at radius 1 is 1.17 bits per heavy atom. The number of benzene rings is 2. The molecule has 2 aromatic carbocycles. The van der Waals surface area contributed by atoms with E-state index in [9.17, 15) is 18.3 Å². The van der Waals surface area contributed by atoms with E-state index in [-0.39, 0.29) is 40.9 Å². The van der Waals surface area contributed by atoms with E-state index in [0.29, 0.717) is 11.1 Å². The number of amidine groups is 1. The standard InChI is InChI=1S/C21H24N4O4S/c1-21(2,3)23-19(27)12-13-25(22-14-15-8-4-6-10-17(15)26)20-16-9-5-7-11-18(16)30(28,29)24-20/h4-11,14,26H,12-13H2,1-3H3,(H,23,27)/b22-14-. The first-order valence-electron chi connectivity index (χ1n) is 9.42. The molecule has 0 saturated heterocycles. The van der Waals surface area contributed by atoms with Crippen LogP contribution in [0.2, 0.25) is 0 Å². The van der Waals surface area contributed by atoms with Gasteiger partial charge < -0.3 is 10.4 Å². The predicted octanol–water partition coefficient (Wildman–Crippen LogP) is 2.48. The first-order valence-corrected chi connectivity index (χ1v) is 10.9. The topological polar surface area (TPSA) is 111 Å². The van der Waals surface area contributed by atoms with Crippen LogP contribution in [0.5, 0.6) is 5.75 Å². The van der Waals surface area contributed by atoms with E-state index >= 15 is 0 Å². The normalized spacial score (nSPS) is 15.0. The molecule has 0 unspecified atom stereocenters. The minimum Gasteiger partial charge on any atom is -0.507 e. The van der Waals surface area contributed by atoms with Crippen molar-refractivity contribution >= 4 is 28.0 Å². The van der Waals surface area contributed by atoms with Gasteiger partial charge in [-0.05, 0) is 45.0 Å². The van der Waals surface area contributed by atoms with Gasteiger partial charge in [0.1, 0.15) is 10.6 Å². The van der Waals surface area contributed by atoms with E-state index in [0.717, 1.165) is 0 Å². The highest BCUT2D eigenvalue weighted by atomic mass is 32.2. The van der Waals surface area contributed by atoms with E-state index in [1.807, 2.05) is 20.8 Å². The number of hydrogen-bond acceptors (Lipinski definition) is 6. The zero-order chi connectivity index (χ0) is 21.9. The molecule has 0 spiro atoms. The van der Waals surface area contributed by atoms with Crippen LogP contribution in [0.4, 0.5) is 0 Å². The monoisotopic (exact) mass is 428 g/mol. The molecule has 0 fully saturated rings. The summed E-state index contributed by atoms with van der Waals surface area (Å²) in [6.45, 7) is 5.74. The Kier molecular flexibility index (Phi) is 5.93. The Balaban J connectivity index is 1.92. The highest BCUT2D eigenvalue weighted by Crippen LogP contribution is 2.27. The smallest absolute Gasteiger partial charge is 0.285 e. The van der Waals surface area contributed by atoms with Crippen LogP contribution in [-0.4, -0.2) is 48.6 Å². The summed E-state index contributed by atoms with van der Waals surface area (Å²) >= 11 is 0. The van der Waals surface area contributed by atoms with Gasteiger partial charge in [-0.25, -0.2) is 5.01 Å². The fourth-order valence-electron chi connectivity index (χ4n) is 2.91.